The number of urea groups is 1. The molecule has 1 saturated carbocycles. The number of halogens is 1. The third-order valence-electron chi connectivity index (χ3n) is 8.30. The second-order valence-corrected chi connectivity index (χ2v) is 11.1. The summed E-state index contributed by atoms with van der Waals surface area (Å²) >= 11 is 0. The number of ketones is 1. The van der Waals surface area contributed by atoms with E-state index < -0.39 is 17.4 Å². The number of ether oxygens (including phenoxy) is 1. The van der Waals surface area contributed by atoms with Crippen LogP contribution in [0, 0.1) is 19.7 Å². The Kier molecular flexibility index (Phi) is 5.87. The van der Waals surface area contributed by atoms with Gasteiger partial charge in [-0.15, -0.1) is 0 Å². The van der Waals surface area contributed by atoms with Crippen LogP contribution in [0.25, 0.3) is 16.6 Å². The van der Waals surface area contributed by atoms with Crippen LogP contribution in [0.15, 0.2) is 66.9 Å². The fourth-order valence-corrected chi connectivity index (χ4v) is 5.76. The van der Waals surface area contributed by atoms with Crippen molar-refractivity contribution in [2.75, 3.05) is 10.6 Å². The van der Waals surface area contributed by atoms with Gasteiger partial charge in [0.2, 0.25) is 5.78 Å². The average Bonchev–Trinajstić information content (AvgIpc) is 3.63. The minimum Gasteiger partial charge on any atom is -0.454 e. The van der Waals surface area contributed by atoms with Gasteiger partial charge in [-0.2, -0.15) is 5.10 Å². The molecule has 7 rings (SSSR count). The number of amides is 3. The van der Waals surface area contributed by atoms with Gasteiger partial charge in [-0.05, 0) is 92.8 Å². The summed E-state index contributed by atoms with van der Waals surface area (Å²) in [7, 11) is 0. The molecule has 2 aromatic heterocycles. The number of aromatic nitrogens is 3. The molecule has 3 aromatic carbocycles. The number of imide groups is 1. The quantitative estimate of drug-likeness (QED) is 0.175. The zero-order valence-corrected chi connectivity index (χ0v) is 23.4. The van der Waals surface area contributed by atoms with Crippen molar-refractivity contribution in [3.8, 4) is 17.2 Å². The van der Waals surface area contributed by atoms with Gasteiger partial charge in [0.15, 0.2) is 11.6 Å². The molecule has 1 aliphatic heterocycles. The molecule has 4 N–H and O–H groups in total. The molecule has 2 fully saturated rings. The zero-order chi connectivity index (χ0) is 30.0. The third-order valence-corrected chi connectivity index (χ3v) is 8.30. The van der Waals surface area contributed by atoms with E-state index in [9.17, 15) is 18.8 Å². The van der Waals surface area contributed by atoms with E-state index in [1.54, 1.807) is 48.5 Å². The minimum absolute atomic E-state index is 0.114. The molecule has 5 aromatic rings. The predicted molar refractivity (Wildman–Crippen MR) is 158 cm³/mol. The predicted octanol–water partition coefficient (Wildman–Crippen LogP) is 5.69. The number of nitrogens with zero attached hydrogens (tertiary/aromatic N) is 3. The molecule has 1 aliphatic carbocycles. The number of H-pyrrole nitrogens is 1. The first-order valence-corrected chi connectivity index (χ1v) is 13.9. The number of hydrogen-bond donors (Lipinski definition) is 3. The van der Waals surface area contributed by atoms with Gasteiger partial charge in [-0.25, -0.2) is 18.8 Å². The Labute approximate surface area is 245 Å². The molecule has 0 bridgehead atoms. The van der Waals surface area contributed by atoms with Crippen molar-refractivity contribution in [3.05, 3.63) is 95.1 Å². The summed E-state index contributed by atoms with van der Waals surface area (Å²) in [5.41, 5.74) is 9.23. The van der Waals surface area contributed by atoms with E-state index in [1.165, 1.54) is 21.8 Å². The molecule has 3 amide bonds. The summed E-state index contributed by atoms with van der Waals surface area (Å²) in [5.74, 6) is -0.337. The highest BCUT2D eigenvalue weighted by Crippen LogP contribution is 2.40. The Bertz CT molecular complexity index is 1990. The van der Waals surface area contributed by atoms with Gasteiger partial charge < -0.3 is 20.8 Å². The lowest BCUT2D eigenvalue weighted by molar-refractivity contribution is -0.124. The number of carbonyl (C=O) groups is 3. The Balaban J connectivity index is 1.16. The van der Waals surface area contributed by atoms with E-state index in [0.717, 1.165) is 22.9 Å². The maximum absolute atomic E-state index is 14.1. The summed E-state index contributed by atoms with van der Waals surface area (Å²) in [4.78, 5) is 43.8. The number of aromatic amines is 1. The topological polar surface area (TPSA) is 135 Å². The van der Waals surface area contributed by atoms with Gasteiger partial charge in [0.25, 0.3) is 5.91 Å². The largest absolute Gasteiger partial charge is 0.454 e. The molecule has 0 atom stereocenters. The first-order valence-electron chi connectivity index (χ1n) is 13.9. The standard InChI is InChI=1S/C32H27FN6O4/c1-17-12-19-14-24(36-23(19)15-25(17)38-30(41)32(10-5-11-32)37-31(38)42)28(40)21-16-35-39(29(21)34)20-8-9-26(18(2)13-20)43-27-7-4-3-6-22(27)33/h3-4,6-9,12-16,36H,5,10-11,34H2,1-2H3,(H,37,42). The number of nitrogen functional groups attached to an aromatic ring is 1. The number of aryl methyl sites for hydroxylation is 2. The van der Waals surface area contributed by atoms with Gasteiger partial charge >= 0.3 is 6.03 Å². The number of nitrogens with two attached hydrogens (primary N) is 1. The highest BCUT2D eigenvalue weighted by Gasteiger charge is 2.55. The Morgan fingerprint density at radius 3 is 2.51 bits per heavy atom. The molecule has 1 spiro atoms. The van der Waals surface area contributed by atoms with Crippen molar-refractivity contribution in [2.24, 2.45) is 0 Å². The van der Waals surface area contributed by atoms with E-state index in [4.69, 9.17) is 10.5 Å². The first kappa shape index (κ1) is 26.4. The van der Waals surface area contributed by atoms with E-state index >= 15 is 0 Å². The van der Waals surface area contributed by atoms with Crippen LogP contribution < -0.4 is 20.7 Å². The van der Waals surface area contributed by atoms with Gasteiger partial charge in [-0.3, -0.25) is 9.59 Å². The van der Waals surface area contributed by atoms with Gasteiger partial charge in [0.1, 0.15) is 17.1 Å². The number of rotatable bonds is 6. The van der Waals surface area contributed by atoms with Crippen LogP contribution in [0.4, 0.5) is 20.7 Å². The molecule has 10 nitrogen and oxygen atoms in total. The molecule has 11 heteroatoms. The third kappa shape index (κ3) is 4.15. The maximum atomic E-state index is 14.1. The monoisotopic (exact) mass is 578 g/mol. The number of benzene rings is 3. The molecular formula is C32H27FN6O4. The molecule has 43 heavy (non-hydrogen) atoms. The summed E-state index contributed by atoms with van der Waals surface area (Å²) in [6.45, 7) is 3.64. The average molecular weight is 579 g/mol. The number of carbonyl (C=O) groups excluding carboxylic acids is 3. The van der Waals surface area contributed by atoms with Crippen LogP contribution in [0.5, 0.6) is 11.5 Å². The fraction of sp³-hybridized carbons (Fsp3) is 0.188. The number of hydrogen-bond acceptors (Lipinski definition) is 6. The molecular weight excluding hydrogens is 551 g/mol. The maximum Gasteiger partial charge on any atom is 0.329 e. The lowest BCUT2D eigenvalue weighted by atomic mass is 9.77. The smallest absolute Gasteiger partial charge is 0.329 e. The zero-order valence-electron chi connectivity index (χ0n) is 23.4. The first-order chi connectivity index (χ1) is 20.6. The second-order valence-electron chi connectivity index (χ2n) is 11.1. The number of fused-ring (bicyclic) bond motifs is 1. The van der Waals surface area contributed by atoms with Crippen LogP contribution in [0.1, 0.15) is 46.4 Å². The summed E-state index contributed by atoms with van der Waals surface area (Å²) in [5, 5.41) is 7.95. The highest BCUT2D eigenvalue weighted by molar-refractivity contribution is 6.24. The van der Waals surface area contributed by atoms with Crippen molar-refractivity contribution in [1.82, 2.24) is 20.1 Å². The van der Waals surface area contributed by atoms with E-state index in [2.05, 4.69) is 15.4 Å². The number of para-hydroxylation sites is 1. The lowest BCUT2D eigenvalue weighted by Crippen LogP contribution is -2.52. The van der Waals surface area contributed by atoms with Crippen LogP contribution in [-0.4, -0.2) is 38.0 Å². The summed E-state index contributed by atoms with van der Waals surface area (Å²) in [6.07, 6.45) is 3.58. The fourth-order valence-electron chi connectivity index (χ4n) is 5.76. The van der Waals surface area contributed by atoms with Crippen molar-refractivity contribution in [1.29, 1.82) is 0 Å². The Morgan fingerprint density at radius 2 is 1.81 bits per heavy atom. The van der Waals surface area contributed by atoms with E-state index in [1.807, 2.05) is 19.9 Å². The molecule has 1 saturated heterocycles. The van der Waals surface area contributed by atoms with Gasteiger partial charge in [0, 0.05) is 10.9 Å². The van der Waals surface area contributed by atoms with E-state index in [0.29, 0.717) is 35.5 Å². The van der Waals surface area contributed by atoms with Crippen LogP contribution >= 0.6 is 0 Å². The molecule has 0 unspecified atom stereocenters. The van der Waals surface area contributed by atoms with Crippen molar-refractivity contribution >= 4 is 40.1 Å². The molecule has 216 valence electrons. The van der Waals surface area contributed by atoms with Crippen molar-refractivity contribution in [2.45, 2.75) is 38.6 Å². The Hall–Kier alpha value is -5.45. The molecule has 2 aliphatic rings. The van der Waals surface area contributed by atoms with Crippen LogP contribution in [0.3, 0.4) is 0 Å². The number of nitrogens with one attached hydrogen (secondary N) is 2. The summed E-state index contributed by atoms with van der Waals surface area (Å²) < 4.78 is 21.2. The molecule has 0 radical (unpaired) electrons. The van der Waals surface area contributed by atoms with E-state index in [-0.39, 0.29) is 34.5 Å². The van der Waals surface area contributed by atoms with Gasteiger partial charge in [-0.1, -0.05) is 12.1 Å². The Morgan fingerprint density at radius 1 is 1.02 bits per heavy atom. The molecule has 3 heterocycles. The van der Waals surface area contributed by atoms with Crippen LogP contribution in [0.2, 0.25) is 0 Å². The second kappa shape index (κ2) is 9.55. The van der Waals surface area contributed by atoms with Gasteiger partial charge in [0.05, 0.1) is 28.8 Å². The summed E-state index contributed by atoms with van der Waals surface area (Å²) in [6, 6.07) is 16.2. The minimum atomic E-state index is -0.793. The lowest BCUT2D eigenvalue weighted by Gasteiger charge is -2.34. The number of anilines is 2. The van der Waals surface area contributed by atoms with Crippen LogP contribution in [-0.2, 0) is 4.79 Å². The van der Waals surface area contributed by atoms with Crippen molar-refractivity contribution in [3.63, 3.8) is 0 Å². The van der Waals surface area contributed by atoms with Crippen molar-refractivity contribution < 1.29 is 23.5 Å². The normalized spacial score (nSPS) is 15.7. The SMILES string of the molecule is Cc1cc(-n2ncc(C(=O)c3cc4cc(C)c(N5C(=O)NC6(CCC6)C5=O)cc4[nH]3)c2N)ccc1Oc1ccccc1F. The highest BCUT2D eigenvalue weighted by atomic mass is 19.1.